The third kappa shape index (κ3) is 2.85. The van der Waals surface area contributed by atoms with Gasteiger partial charge >= 0.3 is 0 Å². The first-order chi connectivity index (χ1) is 9.05. The van der Waals surface area contributed by atoms with Gasteiger partial charge in [-0.3, -0.25) is 0 Å². The molecule has 0 radical (unpaired) electrons. The van der Waals surface area contributed by atoms with Crippen molar-refractivity contribution in [2.75, 3.05) is 6.61 Å². The maximum Gasteiger partial charge on any atom is 0.187 e. The van der Waals surface area contributed by atoms with Crippen LogP contribution in [-0.4, -0.2) is 20.1 Å². The van der Waals surface area contributed by atoms with Crippen molar-refractivity contribution in [1.29, 1.82) is 0 Å². The molecule has 19 heavy (non-hydrogen) atoms. The predicted octanol–water partition coefficient (Wildman–Crippen LogP) is 2.50. The summed E-state index contributed by atoms with van der Waals surface area (Å²) in [6.07, 6.45) is 0. The minimum absolute atomic E-state index is 0.237. The average Bonchev–Trinajstić information content (AvgIpc) is 2.41. The van der Waals surface area contributed by atoms with Gasteiger partial charge in [-0.15, -0.1) is 0 Å². The Balaban J connectivity index is 2.45. The van der Waals surface area contributed by atoms with Gasteiger partial charge in [-0.05, 0) is 24.6 Å². The van der Waals surface area contributed by atoms with Gasteiger partial charge in [0, 0.05) is 0 Å². The molecule has 0 unspecified atom stereocenters. The zero-order valence-electron chi connectivity index (χ0n) is 10.7. The van der Waals surface area contributed by atoms with E-state index in [-0.39, 0.29) is 4.90 Å². The lowest BCUT2D eigenvalue weighted by Crippen LogP contribution is -2.17. The summed E-state index contributed by atoms with van der Waals surface area (Å²) in [4.78, 5) is 0.237. The van der Waals surface area contributed by atoms with Crippen LogP contribution < -0.4 is 0 Å². The highest BCUT2D eigenvalue weighted by atomic mass is 32.2. The number of aryl methyl sites for hydroxylation is 1. The molecule has 0 aliphatic rings. The standard InChI is InChI=1S/C15H16O3S/c1-12-7-9-14(10-8-12)19(17,18)15(11-16)13-5-3-2-4-6-13/h2-10,15-16H,11H2,1H3/t15-/m1/s1. The van der Waals surface area contributed by atoms with E-state index in [1.54, 1.807) is 48.5 Å². The van der Waals surface area contributed by atoms with E-state index in [2.05, 4.69) is 0 Å². The third-order valence-corrected chi connectivity index (χ3v) is 5.16. The van der Waals surface area contributed by atoms with Crippen LogP contribution in [0.3, 0.4) is 0 Å². The molecule has 4 heteroatoms. The fourth-order valence-corrected chi connectivity index (χ4v) is 3.50. The van der Waals surface area contributed by atoms with E-state index in [0.29, 0.717) is 5.56 Å². The van der Waals surface area contributed by atoms with Crippen LogP contribution in [0.4, 0.5) is 0 Å². The van der Waals surface area contributed by atoms with E-state index < -0.39 is 21.7 Å². The molecule has 0 fully saturated rings. The van der Waals surface area contributed by atoms with Gasteiger partial charge < -0.3 is 5.11 Å². The SMILES string of the molecule is Cc1ccc(S(=O)(=O)[C@H](CO)c2ccccc2)cc1. The number of sulfone groups is 1. The summed E-state index contributed by atoms with van der Waals surface area (Å²) >= 11 is 0. The fourth-order valence-electron chi connectivity index (χ4n) is 1.94. The molecule has 0 heterocycles. The van der Waals surface area contributed by atoms with Crippen LogP contribution in [0.5, 0.6) is 0 Å². The molecule has 0 spiro atoms. The van der Waals surface area contributed by atoms with Crippen molar-refractivity contribution in [2.45, 2.75) is 17.1 Å². The molecule has 0 aliphatic heterocycles. The molecule has 2 rings (SSSR count). The van der Waals surface area contributed by atoms with Gasteiger partial charge in [0.1, 0.15) is 5.25 Å². The Morgan fingerprint density at radius 3 is 2.11 bits per heavy atom. The second kappa shape index (κ2) is 5.55. The highest BCUT2D eigenvalue weighted by Gasteiger charge is 2.28. The van der Waals surface area contributed by atoms with Crippen LogP contribution in [0.15, 0.2) is 59.5 Å². The molecule has 0 aromatic heterocycles. The Hall–Kier alpha value is -1.65. The van der Waals surface area contributed by atoms with Gasteiger partial charge in [0.15, 0.2) is 9.84 Å². The monoisotopic (exact) mass is 276 g/mol. The summed E-state index contributed by atoms with van der Waals surface area (Å²) < 4.78 is 25.0. The van der Waals surface area contributed by atoms with Crippen molar-refractivity contribution in [3.05, 3.63) is 65.7 Å². The molecule has 3 nitrogen and oxygen atoms in total. The average molecular weight is 276 g/mol. The van der Waals surface area contributed by atoms with Gasteiger partial charge in [-0.1, -0.05) is 48.0 Å². The predicted molar refractivity (Wildman–Crippen MR) is 74.6 cm³/mol. The number of hydrogen-bond donors (Lipinski definition) is 1. The topological polar surface area (TPSA) is 54.4 Å². The van der Waals surface area contributed by atoms with Gasteiger partial charge in [0.2, 0.25) is 0 Å². The maximum absolute atomic E-state index is 12.5. The van der Waals surface area contributed by atoms with Crippen molar-refractivity contribution >= 4 is 9.84 Å². The molecule has 2 aromatic rings. The third-order valence-electron chi connectivity index (χ3n) is 3.06. The number of aliphatic hydroxyl groups excluding tert-OH is 1. The Labute approximate surface area is 113 Å². The second-order valence-corrected chi connectivity index (χ2v) is 6.57. The van der Waals surface area contributed by atoms with E-state index in [1.165, 1.54) is 0 Å². The number of benzene rings is 2. The molecule has 100 valence electrons. The van der Waals surface area contributed by atoms with Crippen LogP contribution in [-0.2, 0) is 9.84 Å². The highest BCUT2D eigenvalue weighted by Crippen LogP contribution is 2.28. The first kappa shape index (κ1) is 13.8. The van der Waals surface area contributed by atoms with Crippen molar-refractivity contribution in [1.82, 2.24) is 0 Å². The Morgan fingerprint density at radius 1 is 1.00 bits per heavy atom. The zero-order chi connectivity index (χ0) is 13.9. The van der Waals surface area contributed by atoms with Crippen LogP contribution in [0, 0.1) is 6.92 Å². The summed E-state index contributed by atoms with van der Waals surface area (Å²) in [5, 5.41) is 8.53. The zero-order valence-corrected chi connectivity index (χ0v) is 11.5. The molecule has 2 aromatic carbocycles. The van der Waals surface area contributed by atoms with Gasteiger partial charge in [0.05, 0.1) is 11.5 Å². The van der Waals surface area contributed by atoms with E-state index >= 15 is 0 Å². The summed E-state index contributed by atoms with van der Waals surface area (Å²) in [6.45, 7) is 1.47. The molecule has 0 saturated carbocycles. The lowest BCUT2D eigenvalue weighted by Gasteiger charge is -2.15. The summed E-state index contributed by atoms with van der Waals surface area (Å²) in [7, 11) is -3.57. The lowest BCUT2D eigenvalue weighted by molar-refractivity contribution is 0.291. The molecular formula is C15H16O3S. The Bertz CT molecular complexity index is 631. The number of rotatable bonds is 4. The normalized spacial score (nSPS) is 13.2. The van der Waals surface area contributed by atoms with Gasteiger partial charge in [-0.2, -0.15) is 0 Å². The minimum atomic E-state index is -3.57. The van der Waals surface area contributed by atoms with E-state index in [4.69, 9.17) is 0 Å². The smallest absolute Gasteiger partial charge is 0.187 e. The quantitative estimate of drug-likeness (QED) is 0.933. The van der Waals surface area contributed by atoms with Crippen molar-refractivity contribution in [3.63, 3.8) is 0 Å². The molecule has 1 N–H and O–H groups in total. The maximum atomic E-state index is 12.5. The Kier molecular flexibility index (Phi) is 4.02. The molecule has 0 amide bonds. The summed E-state index contributed by atoms with van der Waals surface area (Å²) in [5.41, 5.74) is 1.60. The first-order valence-electron chi connectivity index (χ1n) is 6.02. The largest absolute Gasteiger partial charge is 0.395 e. The van der Waals surface area contributed by atoms with Crippen molar-refractivity contribution in [3.8, 4) is 0 Å². The Morgan fingerprint density at radius 2 is 1.58 bits per heavy atom. The summed E-state index contributed by atoms with van der Waals surface area (Å²) in [5.74, 6) is 0. The molecule has 0 bridgehead atoms. The molecule has 1 atom stereocenters. The van der Waals surface area contributed by atoms with Gasteiger partial charge in [-0.25, -0.2) is 8.42 Å². The van der Waals surface area contributed by atoms with E-state index in [0.717, 1.165) is 5.56 Å². The van der Waals surface area contributed by atoms with E-state index in [1.807, 2.05) is 13.0 Å². The molecule has 0 aliphatic carbocycles. The number of aliphatic hydroxyl groups is 1. The van der Waals surface area contributed by atoms with Crippen LogP contribution in [0.2, 0.25) is 0 Å². The van der Waals surface area contributed by atoms with Gasteiger partial charge in [0.25, 0.3) is 0 Å². The lowest BCUT2D eigenvalue weighted by atomic mass is 10.2. The van der Waals surface area contributed by atoms with Crippen LogP contribution in [0.25, 0.3) is 0 Å². The minimum Gasteiger partial charge on any atom is -0.395 e. The van der Waals surface area contributed by atoms with E-state index in [9.17, 15) is 13.5 Å². The molecular weight excluding hydrogens is 260 g/mol. The first-order valence-corrected chi connectivity index (χ1v) is 7.56. The summed E-state index contributed by atoms with van der Waals surface area (Å²) in [6, 6.07) is 15.5. The second-order valence-electron chi connectivity index (χ2n) is 4.44. The van der Waals surface area contributed by atoms with Crippen molar-refractivity contribution < 1.29 is 13.5 Å². The fraction of sp³-hybridized carbons (Fsp3) is 0.200. The highest BCUT2D eigenvalue weighted by molar-refractivity contribution is 7.91. The van der Waals surface area contributed by atoms with Crippen LogP contribution in [0.1, 0.15) is 16.4 Å². The number of hydrogen-bond acceptors (Lipinski definition) is 3. The van der Waals surface area contributed by atoms with Crippen molar-refractivity contribution in [2.24, 2.45) is 0 Å². The molecule has 0 saturated heterocycles. The van der Waals surface area contributed by atoms with Crippen LogP contribution >= 0.6 is 0 Å².